The molecule has 2 rings (SSSR count). The third-order valence-corrected chi connectivity index (χ3v) is 3.06. The van der Waals surface area contributed by atoms with Gasteiger partial charge in [-0.3, -0.25) is 9.79 Å². The third kappa shape index (κ3) is 3.62. The highest BCUT2D eigenvalue weighted by Gasteiger charge is 2.30. The van der Waals surface area contributed by atoms with Gasteiger partial charge in [0.2, 0.25) is 0 Å². The number of halogens is 3. The SMILES string of the molecule is CC1N=C(c2ccc(C(F)(F)F)cc2)C=CN1CC(=O)O. The molecule has 7 heteroatoms. The van der Waals surface area contributed by atoms with Crippen LogP contribution >= 0.6 is 0 Å². The van der Waals surface area contributed by atoms with Crippen LogP contribution in [-0.2, 0) is 11.0 Å². The predicted octanol–water partition coefficient (Wildman–Crippen LogP) is 2.75. The molecule has 1 aromatic rings. The number of carbonyl (C=O) groups is 1. The van der Waals surface area contributed by atoms with E-state index in [1.807, 2.05) is 0 Å². The Kier molecular flexibility index (Phi) is 4.02. The summed E-state index contributed by atoms with van der Waals surface area (Å²) in [6.45, 7) is 1.54. The lowest BCUT2D eigenvalue weighted by molar-refractivity contribution is -0.138. The summed E-state index contributed by atoms with van der Waals surface area (Å²) in [6, 6.07) is 4.71. The van der Waals surface area contributed by atoms with E-state index in [-0.39, 0.29) is 12.7 Å². The van der Waals surface area contributed by atoms with Crippen molar-refractivity contribution in [3.63, 3.8) is 0 Å². The molecule has 21 heavy (non-hydrogen) atoms. The summed E-state index contributed by atoms with van der Waals surface area (Å²) in [4.78, 5) is 16.5. The van der Waals surface area contributed by atoms with E-state index in [4.69, 9.17) is 5.11 Å². The molecule has 1 N–H and O–H groups in total. The minimum absolute atomic E-state index is 0.179. The Bertz CT molecular complexity index is 591. The van der Waals surface area contributed by atoms with Gasteiger partial charge in [-0.05, 0) is 30.7 Å². The molecular formula is C14H13F3N2O2. The van der Waals surface area contributed by atoms with Crippen LogP contribution in [0.4, 0.5) is 13.2 Å². The summed E-state index contributed by atoms with van der Waals surface area (Å²) < 4.78 is 37.5. The molecule has 0 amide bonds. The van der Waals surface area contributed by atoms with Gasteiger partial charge in [-0.2, -0.15) is 13.2 Å². The van der Waals surface area contributed by atoms with Gasteiger partial charge in [-0.1, -0.05) is 12.1 Å². The minimum Gasteiger partial charge on any atom is -0.480 e. The summed E-state index contributed by atoms with van der Waals surface area (Å²) in [6.07, 6.45) is -1.58. The fourth-order valence-corrected chi connectivity index (χ4v) is 1.95. The number of hydrogen-bond acceptors (Lipinski definition) is 3. The Hall–Kier alpha value is -2.31. The van der Waals surface area contributed by atoms with Crippen molar-refractivity contribution in [2.75, 3.05) is 6.54 Å². The van der Waals surface area contributed by atoms with Gasteiger partial charge in [0.15, 0.2) is 0 Å². The number of alkyl halides is 3. The van der Waals surface area contributed by atoms with Gasteiger partial charge in [-0.15, -0.1) is 0 Å². The first-order valence-corrected chi connectivity index (χ1v) is 6.18. The van der Waals surface area contributed by atoms with Crippen molar-refractivity contribution in [1.82, 2.24) is 4.90 Å². The van der Waals surface area contributed by atoms with E-state index in [1.54, 1.807) is 19.2 Å². The number of rotatable bonds is 3. The lowest BCUT2D eigenvalue weighted by Gasteiger charge is -2.27. The van der Waals surface area contributed by atoms with Gasteiger partial charge in [0.25, 0.3) is 0 Å². The van der Waals surface area contributed by atoms with E-state index in [0.29, 0.717) is 11.3 Å². The number of hydrogen-bond donors (Lipinski definition) is 1. The van der Waals surface area contributed by atoms with E-state index in [2.05, 4.69) is 4.99 Å². The first-order valence-electron chi connectivity index (χ1n) is 6.18. The zero-order valence-electron chi connectivity index (χ0n) is 11.1. The van der Waals surface area contributed by atoms with Crippen LogP contribution in [0.2, 0.25) is 0 Å². The quantitative estimate of drug-likeness (QED) is 0.933. The van der Waals surface area contributed by atoms with Crippen LogP contribution < -0.4 is 0 Å². The van der Waals surface area contributed by atoms with Gasteiger partial charge in [0, 0.05) is 6.20 Å². The predicted molar refractivity (Wildman–Crippen MR) is 70.9 cm³/mol. The maximum Gasteiger partial charge on any atom is 0.416 e. The van der Waals surface area contributed by atoms with Crippen molar-refractivity contribution in [1.29, 1.82) is 0 Å². The normalized spacial score (nSPS) is 18.6. The summed E-state index contributed by atoms with van der Waals surface area (Å²) in [5.41, 5.74) is 0.367. The minimum atomic E-state index is -4.37. The molecule has 0 spiro atoms. The second-order valence-corrected chi connectivity index (χ2v) is 4.60. The highest BCUT2D eigenvalue weighted by atomic mass is 19.4. The Morgan fingerprint density at radius 1 is 1.33 bits per heavy atom. The van der Waals surface area contributed by atoms with Gasteiger partial charge in [0.05, 0.1) is 11.3 Å². The van der Waals surface area contributed by atoms with Crippen LogP contribution in [0, 0.1) is 0 Å². The number of nitrogens with zero attached hydrogens (tertiary/aromatic N) is 2. The molecule has 0 saturated carbocycles. The van der Waals surface area contributed by atoms with Crippen molar-refractivity contribution in [3.8, 4) is 0 Å². The topological polar surface area (TPSA) is 52.9 Å². The van der Waals surface area contributed by atoms with Crippen LogP contribution in [0.1, 0.15) is 18.1 Å². The number of aliphatic imine (C=N–C) groups is 1. The molecule has 0 aliphatic carbocycles. The monoisotopic (exact) mass is 298 g/mol. The second kappa shape index (κ2) is 5.59. The fraction of sp³-hybridized carbons (Fsp3) is 0.286. The molecule has 1 aliphatic rings. The van der Waals surface area contributed by atoms with Gasteiger partial charge in [0.1, 0.15) is 12.7 Å². The zero-order valence-corrected chi connectivity index (χ0v) is 11.1. The summed E-state index contributed by atoms with van der Waals surface area (Å²) in [5, 5.41) is 8.74. The number of aliphatic carboxylic acids is 1. The maximum atomic E-state index is 12.5. The number of benzene rings is 1. The lowest BCUT2D eigenvalue weighted by Crippen LogP contribution is -2.34. The molecule has 0 saturated heterocycles. The van der Waals surface area contributed by atoms with Crippen LogP contribution in [0.15, 0.2) is 41.5 Å². The van der Waals surface area contributed by atoms with E-state index in [1.165, 1.54) is 17.0 Å². The average molecular weight is 298 g/mol. The molecule has 1 aromatic carbocycles. The molecule has 0 fully saturated rings. The molecule has 4 nitrogen and oxygen atoms in total. The van der Waals surface area contributed by atoms with E-state index >= 15 is 0 Å². The Morgan fingerprint density at radius 3 is 2.43 bits per heavy atom. The second-order valence-electron chi connectivity index (χ2n) is 4.60. The largest absolute Gasteiger partial charge is 0.480 e. The summed E-state index contributed by atoms with van der Waals surface area (Å²) >= 11 is 0. The Balaban J connectivity index is 2.17. The number of allylic oxidation sites excluding steroid dienone is 1. The molecule has 0 aromatic heterocycles. The third-order valence-electron chi connectivity index (χ3n) is 3.06. The molecule has 1 atom stereocenters. The molecular weight excluding hydrogens is 285 g/mol. The number of carboxylic acid groups (broad SMARTS) is 1. The van der Waals surface area contributed by atoms with E-state index in [0.717, 1.165) is 12.1 Å². The molecule has 1 unspecified atom stereocenters. The number of carboxylic acids is 1. The van der Waals surface area contributed by atoms with Gasteiger partial charge < -0.3 is 10.0 Å². The van der Waals surface area contributed by atoms with E-state index in [9.17, 15) is 18.0 Å². The Morgan fingerprint density at radius 2 is 1.95 bits per heavy atom. The molecule has 1 heterocycles. The Labute approximate surface area is 119 Å². The summed E-state index contributed by atoms with van der Waals surface area (Å²) in [7, 11) is 0. The standard InChI is InChI=1S/C14H13F3N2O2/c1-9-18-12(6-7-19(9)8-13(20)21)10-2-4-11(5-3-10)14(15,16)17/h2-7,9H,8H2,1H3,(H,20,21). The van der Waals surface area contributed by atoms with Crippen molar-refractivity contribution in [3.05, 3.63) is 47.7 Å². The maximum absolute atomic E-state index is 12.5. The molecule has 1 aliphatic heterocycles. The first-order chi connectivity index (χ1) is 9.77. The smallest absolute Gasteiger partial charge is 0.416 e. The van der Waals surface area contributed by atoms with Crippen molar-refractivity contribution in [2.24, 2.45) is 4.99 Å². The summed E-state index contributed by atoms with van der Waals surface area (Å²) in [5.74, 6) is -0.973. The van der Waals surface area contributed by atoms with Gasteiger partial charge >= 0.3 is 12.1 Å². The van der Waals surface area contributed by atoms with Crippen LogP contribution in [0.5, 0.6) is 0 Å². The molecule has 0 bridgehead atoms. The van der Waals surface area contributed by atoms with E-state index < -0.39 is 17.7 Å². The average Bonchev–Trinajstić information content (AvgIpc) is 2.40. The highest BCUT2D eigenvalue weighted by molar-refractivity contribution is 6.09. The molecule has 112 valence electrons. The van der Waals surface area contributed by atoms with Crippen LogP contribution in [0.25, 0.3) is 0 Å². The first kappa shape index (κ1) is 15.1. The van der Waals surface area contributed by atoms with Crippen molar-refractivity contribution in [2.45, 2.75) is 19.3 Å². The lowest BCUT2D eigenvalue weighted by atomic mass is 10.1. The van der Waals surface area contributed by atoms with Crippen molar-refractivity contribution < 1.29 is 23.1 Å². The zero-order chi connectivity index (χ0) is 15.6. The van der Waals surface area contributed by atoms with Gasteiger partial charge in [-0.25, -0.2) is 0 Å². The van der Waals surface area contributed by atoms with Crippen LogP contribution in [0.3, 0.4) is 0 Å². The van der Waals surface area contributed by atoms with Crippen molar-refractivity contribution >= 4 is 11.7 Å². The highest BCUT2D eigenvalue weighted by Crippen LogP contribution is 2.29. The van der Waals surface area contributed by atoms with Crippen LogP contribution in [-0.4, -0.2) is 34.4 Å². The fourth-order valence-electron chi connectivity index (χ4n) is 1.95. The molecule has 0 radical (unpaired) electrons.